The zero-order valence-electron chi connectivity index (χ0n) is 18.5. The number of nitrogens with zero attached hydrogens (tertiary/aromatic N) is 2. The fraction of sp³-hybridized carbons (Fsp3) is 0.333. The Morgan fingerprint density at radius 3 is 2.58 bits per heavy atom. The van der Waals surface area contributed by atoms with Crippen LogP contribution < -0.4 is 26.2 Å². The van der Waals surface area contributed by atoms with Crippen LogP contribution in [-0.2, 0) is 0 Å². The Kier molecular flexibility index (Phi) is 6.41. The van der Waals surface area contributed by atoms with E-state index in [1.54, 1.807) is 6.07 Å². The minimum absolute atomic E-state index is 0.0699. The summed E-state index contributed by atoms with van der Waals surface area (Å²) >= 11 is 0. The highest BCUT2D eigenvalue weighted by Gasteiger charge is 2.30. The summed E-state index contributed by atoms with van der Waals surface area (Å²) in [4.78, 5) is 43.3. The fourth-order valence-corrected chi connectivity index (χ4v) is 4.05. The Morgan fingerprint density at radius 2 is 1.94 bits per heavy atom. The number of ether oxygens (including phenoxy) is 1. The van der Waals surface area contributed by atoms with Crippen LogP contribution >= 0.6 is 0 Å². The maximum atomic E-state index is 12.9. The van der Waals surface area contributed by atoms with Crippen LogP contribution in [-0.4, -0.2) is 47.2 Å². The lowest BCUT2D eigenvalue weighted by atomic mass is 10.0. The van der Waals surface area contributed by atoms with Crippen molar-refractivity contribution in [3.05, 3.63) is 74.3 Å². The van der Waals surface area contributed by atoms with Gasteiger partial charge in [0.15, 0.2) is 11.4 Å². The molecule has 9 nitrogen and oxygen atoms in total. The summed E-state index contributed by atoms with van der Waals surface area (Å²) in [6, 6.07) is 11.1. The summed E-state index contributed by atoms with van der Waals surface area (Å²) in [7, 11) is 1.40. The third kappa shape index (κ3) is 4.31. The third-order valence-electron chi connectivity index (χ3n) is 5.86. The number of nitrogens with one attached hydrogen (secondary N) is 2. The molecule has 1 unspecified atom stereocenters. The van der Waals surface area contributed by atoms with Gasteiger partial charge in [0.2, 0.25) is 0 Å². The topological polar surface area (TPSA) is 121 Å². The minimum Gasteiger partial charge on any atom is -0.492 e. The second-order valence-electron chi connectivity index (χ2n) is 7.98. The highest BCUT2D eigenvalue weighted by Crippen LogP contribution is 2.33. The number of methoxy groups -OCH3 is 1. The Morgan fingerprint density at radius 1 is 1.21 bits per heavy atom. The number of rotatable bonds is 8. The van der Waals surface area contributed by atoms with E-state index in [1.807, 2.05) is 37.3 Å². The van der Waals surface area contributed by atoms with Crippen LogP contribution in [0.3, 0.4) is 0 Å². The number of β-amino-alcohol motifs (C(OH)–C–C–N with tert-alkyl or cyclic N) is 1. The number of carbonyl (C=O) groups is 1. The van der Waals surface area contributed by atoms with Crippen LogP contribution in [0.25, 0.3) is 0 Å². The molecule has 2 heterocycles. The predicted octanol–water partition coefficient (Wildman–Crippen LogP) is 2.20. The SMILES string of the molecule is CC[C@@H](Nc1c(Nc2ccnc(C(=O)N3CCC(O)C3)c2OC)c(=O)c1=O)c1ccccc1. The molecular formula is C24H26N4O5. The summed E-state index contributed by atoms with van der Waals surface area (Å²) in [5, 5.41) is 15.9. The molecule has 0 radical (unpaired) electrons. The van der Waals surface area contributed by atoms with E-state index >= 15 is 0 Å². The smallest absolute Gasteiger partial charge is 0.276 e. The van der Waals surface area contributed by atoms with E-state index in [1.165, 1.54) is 18.2 Å². The van der Waals surface area contributed by atoms with Crippen LogP contribution in [0.1, 0.15) is 41.9 Å². The van der Waals surface area contributed by atoms with E-state index < -0.39 is 17.0 Å². The van der Waals surface area contributed by atoms with Crippen molar-refractivity contribution in [1.29, 1.82) is 0 Å². The molecule has 172 valence electrons. The lowest BCUT2D eigenvalue weighted by Gasteiger charge is -2.23. The summed E-state index contributed by atoms with van der Waals surface area (Å²) in [5.41, 5.74) is 0.497. The molecule has 3 aromatic rings. The largest absolute Gasteiger partial charge is 0.492 e. The Hall–Kier alpha value is -3.72. The van der Waals surface area contributed by atoms with E-state index in [2.05, 4.69) is 15.6 Å². The molecule has 1 fully saturated rings. The van der Waals surface area contributed by atoms with Gasteiger partial charge in [-0.2, -0.15) is 0 Å². The number of likely N-dealkylation sites (tertiary alicyclic amines) is 1. The van der Waals surface area contributed by atoms with Crippen LogP contribution in [0.5, 0.6) is 5.75 Å². The van der Waals surface area contributed by atoms with Crippen LogP contribution in [0.2, 0.25) is 0 Å². The standard InChI is InChI=1S/C24H26N4O5/c1-3-16(14-7-5-4-6-8-14)26-18-19(22(31)21(18)30)27-17-9-11-25-20(23(17)33-2)24(32)28-12-10-15(29)13-28/h4-9,11,15-16,26,29H,3,10,12-13H2,1-2H3,(H,25,27)/t15?,16-/m1/s1. The predicted molar refractivity (Wildman–Crippen MR) is 125 cm³/mol. The van der Waals surface area contributed by atoms with Gasteiger partial charge in [-0.3, -0.25) is 14.4 Å². The summed E-state index contributed by atoms with van der Waals surface area (Å²) in [6.07, 6.45) is 2.09. The van der Waals surface area contributed by atoms with Gasteiger partial charge in [0.25, 0.3) is 16.8 Å². The number of carbonyl (C=O) groups excluding carboxylic acids is 1. The second kappa shape index (κ2) is 9.41. The van der Waals surface area contributed by atoms with E-state index in [9.17, 15) is 19.5 Å². The normalized spacial score (nSPS) is 16.6. The first kappa shape index (κ1) is 22.5. The molecule has 0 saturated carbocycles. The first-order valence-electron chi connectivity index (χ1n) is 10.9. The van der Waals surface area contributed by atoms with Crippen molar-refractivity contribution in [2.75, 3.05) is 30.8 Å². The molecule has 1 aromatic heterocycles. The van der Waals surface area contributed by atoms with Crippen molar-refractivity contribution in [2.45, 2.75) is 31.9 Å². The van der Waals surface area contributed by atoms with Gasteiger partial charge >= 0.3 is 0 Å². The summed E-state index contributed by atoms with van der Waals surface area (Å²) in [6.45, 7) is 2.64. The zero-order valence-corrected chi connectivity index (χ0v) is 18.5. The van der Waals surface area contributed by atoms with Crippen molar-refractivity contribution in [3.63, 3.8) is 0 Å². The Balaban J connectivity index is 1.61. The summed E-state index contributed by atoms with van der Waals surface area (Å²) in [5.74, 6) is -0.205. The number of amides is 1. The number of hydrogen-bond donors (Lipinski definition) is 3. The van der Waals surface area contributed by atoms with E-state index in [4.69, 9.17) is 4.74 Å². The van der Waals surface area contributed by atoms with Gasteiger partial charge in [-0.25, -0.2) is 4.98 Å². The first-order chi connectivity index (χ1) is 15.9. The van der Waals surface area contributed by atoms with Crippen molar-refractivity contribution in [2.24, 2.45) is 0 Å². The molecule has 0 aliphatic carbocycles. The lowest BCUT2D eigenvalue weighted by Crippen LogP contribution is -2.37. The molecule has 0 bridgehead atoms. The highest BCUT2D eigenvalue weighted by molar-refractivity contribution is 5.97. The molecule has 1 amide bonds. The maximum absolute atomic E-state index is 12.9. The summed E-state index contributed by atoms with van der Waals surface area (Å²) < 4.78 is 5.45. The minimum atomic E-state index is -0.644. The average molecular weight is 450 g/mol. The number of aromatic nitrogens is 1. The molecule has 1 aliphatic heterocycles. The van der Waals surface area contributed by atoms with Gasteiger partial charge in [0, 0.05) is 19.3 Å². The Labute approximate surface area is 190 Å². The fourth-order valence-electron chi connectivity index (χ4n) is 4.05. The highest BCUT2D eigenvalue weighted by atomic mass is 16.5. The van der Waals surface area contributed by atoms with Gasteiger partial charge in [-0.1, -0.05) is 37.3 Å². The molecule has 2 aromatic carbocycles. The third-order valence-corrected chi connectivity index (χ3v) is 5.86. The molecule has 33 heavy (non-hydrogen) atoms. The number of benzene rings is 1. The number of pyridine rings is 1. The van der Waals surface area contributed by atoms with Gasteiger partial charge < -0.3 is 25.4 Å². The molecule has 1 saturated heterocycles. The number of aliphatic hydroxyl groups excluding tert-OH is 1. The van der Waals surface area contributed by atoms with Crippen LogP contribution in [0, 0.1) is 0 Å². The molecular weight excluding hydrogens is 424 g/mol. The monoisotopic (exact) mass is 450 g/mol. The zero-order chi connectivity index (χ0) is 23.5. The van der Waals surface area contributed by atoms with Gasteiger partial charge in [0.1, 0.15) is 11.4 Å². The first-order valence-corrected chi connectivity index (χ1v) is 10.9. The molecule has 3 N–H and O–H groups in total. The Bertz CT molecular complexity index is 1220. The molecule has 4 rings (SSSR count). The second-order valence-corrected chi connectivity index (χ2v) is 7.98. The van der Waals surface area contributed by atoms with Crippen LogP contribution in [0.4, 0.5) is 17.1 Å². The number of aliphatic hydroxyl groups is 1. The van der Waals surface area contributed by atoms with E-state index in [-0.39, 0.29) is 41.3 Å². The van der Waals surface area contributed by atoms with Crippen LogP contribution in [0.15, 0.2) is 52.2 Å². The van der Waals surface area contributed by atoms with Crippen molar-refractivity contribution in [3.8, 4) is 5.75 Å². The average Bonchev–Trinajstić information content (AvgIpc) is 3.29. The van der Waals surface area contributed by atoms with E-state index in [0.29, 0.717) is 25.1 Å². The van der Waals surface area contributed by atoms with Crippen molar-refractivity contribution >= 4 is 23.0 Å². The number of anilines is 3. The molecule has 0 spiro atoms. The molecule has 9 heteroatoms. The number of hydrogen-bond acceptors (Lipinski definition) is 8. The van der Waals surface area contributed by atoms with E-state index in [0.717, 1.165) is 5.56 Å². The van der Waals surface area contributed by atoms with Crippen molar-refractivity contribution < 1.29 is 14.6 Å². The maximum Gasteiger partial charge on any atom is 0.276 e. The van der Waals surface area contributed by atoms with Gasteiger partial charge in [-0.05, 0) is 24.5 Å². The van der Waals surface area contributed by atoms with Gasteiger partial charge in [0.05, 0.1) is 24.9 Å². The van der Waals surface area contributed by atoms with Crippen molar-refractivity contribution in [1.82, 2.24) is 9.88 Å². The molecule has 2 atom stereocenters. The quantitative estimate of drug-likeness (QED) is 0.447. The molecule has 1 aliphatic rings. The lowest BCUT2D eigenvalue weighted by molar-refractivity contribution is 0.0755. The van der Waals surface area contributed by atoms with Gasteiger partial charge in [-0.15, -0.1) is 0 Å².